The minimum absolute atomic E-state index is 0.0329. The van der Waals surface area contributed by atoms with Crippen LogP contribution in [0.15, 0.2) is 75.2 Å². The highest BCUT2D eigenvalue weighted by Gasteiger charge is 2.21. The van der Waals surface area contributed by atoms with E-state index < -0.39 is 5.97 Å². The molecule has 186 valence electrons. The first kappa shape index (κ1) is 24.7. The van der Waals surface area contributed by atoms with Crippen LogP contribution in [0.4, 0.5) is 0 Å². The maximum absolute atomic E-state index is 12.3. The molecule has 3 aromatic carbocycles. The number of carboxylic acid groups (broad SMARTS) is 1. The summed E-state index contributed by atoms with van der Waals surface area (Å²) >= 11 is 7.01. The SMILES string of the molecule is COc1ccc(Cl)cc1-c1nnc(S/C(=C\c2c(-c3ccccc3)[nH]c3c(C)cc(C)cc23)C(=O)O)o1. The van der Waals surface area contributed by atoms with Gasteiger partial charge in [0.2, 0.25) is 0 Å². The molecular weight excluding hydrogens is 510 g/mol. The van der Waals surface area contributed by atoms with Gasteiger partial charge in [-0.05, 0) is 67.1 Å². The molecule has 0 aliphatic rings. The van der Waals surface area contributed by atoms with E-state index in [0.29, 0.717) is 16.3 Å². The Hall–Kier alpha value is -4.01. The number of rotatable bonds is 7. The Morgan fingerprint density at radius 1 is 1.11 bits per heavy atom. The molecule has 5 rings (SSSR count). The largest absolute Gasteiger partial charge is 0.496 e. The van der Waals surface area contributed by atoms with Gasteiger partial charge >= 0.3 is 5.97 Å². The van der Waals surface area contributed by atoms with Crippen molar-refractivity contribution in [3.8, 4) is 28.5 Å². The van der Waals surface area contributed by atoms with E-state index in [1.165, 1.54) is 7.11 Å². The zero-order valence-corrected chi connectivity index (χ0v) is 21.8. The number of carbonyl (C=O) groups is 1. The predicted octanol–water partition coefficient (Wildman–Crippen LogP) is 7.38. The first-order chi connectivity index (χ1) is 17.8. The van der Waals surface area contributed by atoms with Crippen LogP contribution in [0.25, 0.3) is 39.7 Å². The molecule has 2 heterocycles. The molecule has 0 fully saturated rings. The molecule has 0 amide bonds. The van der Waals surface area contributed by atoms with Crippen LogP contribution >= 0.6 is 23.4 Å². The van der Waals surface area contributed by atoms with Gasteiger partial charge in [0.1, 0.15) is 10.7 Å². The van der Waals surface area contributed by atoms with Gasteiger partial charge in [-0.1, -0.05) is 53.6 Å². The number of carboxylic acids is 1. The molecule has 37 heavy (non-hydrogen) atoms. The van der Waals surface area contributed by atoms with E-state index in [-0.39, 0.29) is 16.0 Å². The van der Waals surface area contributed by atoms with E-state index in [2.05, 4.69) is 27.3 Å². The molecule has 0 saturated carbocycles. The van der Waals surface area contributed by atoms with E-state index in [1.54, 1.807) is 24.3 Å². The highest BCUT2D eigenvalue weighted by Crippen LogP contribution is 2.38. The van der Waals surface area contributed by atoms with Gasteiger partial charge in [-0.2, -0.15) is 0 Å². The number of benzene rings is 3. The molecule has 2 aromatic heterocycles. The molecule has 0 saturated heterocycles. The topological polar surface area (TPSA) is 101 Å². The molecular formula is C28H22ClN3O4S. The molecule has 0 spiro atoms. The van der Waals surface area contributed by atoms with Crippen LogP contribution in [0, 0.1) is 13.8 Å². The molecule has 0 atom stereocenters. The van der Waals surface area contributed by atoms with Gasteiger partial charge in [-0.25, -0.2) is 4.79 Å². The van der Waals surface area contributed by atoms with Crippen molar-refractivity contribution >= 4 is 46.3 Å². The Morgan fingerprint density at radius 3 is 2.62 bits per heavy atom. The molecule has 5 aromatic rings. The second-order valence-electron chi connectivity index (χ2n) is 8.42. The summed E-state index contributed by atoms with van der Waals surface area (Å²) in [5.74, 6) is -0.423. The highest BCUT2D eigenvalue weighted by atomic mass is 35.5. The lowest BCUT2D eigenvalue weighted by Crippen LogP contribution is -1.97. The third kappa shape index (κ3) is 4.98. The zero-order valence-electron chi connectivity index (χ0n) is 20.2. The summed E-state index contributed by atoms with van der Waals surface area (Å²) in [7, 11) is 1.53. The van der Waals surface area contributed by atoms with Crippen molar-refractivity contribution in [3.63, 3.8) is 0 Å². The van der Waals surface area contributed by atoms with Crippen LogP contribution in [0.2, 0.25) is 5.02 Å². The van der Waals surface area contributed by atoms with Crippen LogP contribution in [-0.4, -0.2) is 33.4 Å². The average Bonchev–Trinajstić information content (AvgIpc) is 3.49. The number of methoxy groups -OCH3 is 1. The van der Waals surface area contributed by atoms with Gasteiger partial charge in [0, 0.05) is 21.5 Å². The number of nitrogens with one attached hydrogen (secondary N) is 1. The fourth-order valence-electron chi connectivity index (χ4n) is 4.22. The fourth-order valence-corrected chi connectivity index (χ4v) is 5.05. The van der Waals surface area contributed by atoms with Crippen molar-refractivity contribution in [2.75, 3.05) is 7.11 Å². The van der Waals surface area contributed by atoms with Crippen LogP contribution in [0.3, 0.4) is 0 Å². The second-order valence-corrected chi connectivity index (χ2v) is 9.85. The predicted molar refractivity (Wildman–Crippen MR) is 146 cm³/mol. The molecule has 0 aliphatic heterocycles. The van der Waals surface area contributed by atoms with Crippen molar-refractivity contribution in [1.29, 1.82) is 0 Å². The van der Waals surface area contributed by atoms with E-state index in [0.717, 1.165) is 50.6 Å². The van der Waals surface area contributed by atoms with Crippen LogP contribution in [0.5, 0.6) is 5.75 Å². The first-order valence-corrected chi connectivity index (χ1v) is 12.5. The number of aryl methyl sites for hydroxylation is 2. The van der Waals surface area contributed by atoms with Crippen molar-refractivity contribution in [2.45, 2.75) is 19.1 Å². The van der Waals surface area contributed by atoms with E-state index in [4.69, 9.17) is 20.8 Å². The number of fused-ring (bicyclic) bond motifs is 1. The number of hydrogen-bond acceptors (Lipinski definition) is 6. The number of aromatic amines is 1. The lowest BCUT2D eigenvalue weighted by molar-refractivity contribution is -0.131. The Bertz CT molecular complexity index is 1660. The van der Waals surface area contributed by atoms with Crippen molar-refractivity contribution in [1.82, 2.24) is 15.2 Å². The van der Waals surface area contributed by atoms with E-state index >= 15 is 0 Å². The van der Waals surface area contributed by atoms with Crippen molar-refractivity contribution < 1.29 is 19.1 Å². The summed E-state index contributed by atoms with van der Waals surface area (Å²) in [5.41, 5.74) is 6.19. The third-order valence-corrected chi connectivity index (χ3v) is 6.92. The highest BCUT2D eigenvalue weighted by molar-refractivity contribution is 8.03. The summed E-state index contributed by atoms with van der Waals surface area (Å²) in [6.45, 7) is 4.05. The number of ether oxygens (including phenoxy) is 1. The van der Waals surface area contributed by atoms with Crippen LogP contribution in [-0.2, 0) is 4.79 Å². The summed E-state index contributed by atoms with van der Waals surface area (Å²) in [6.07, 6.45) is 1.65. The molecule has 2 N–H and O–H groups in total. The number of aromatic nitrogens is 3. The minimum atomic E-state index is -1.11. The third-order valence-electron chi connectivity index (χ3n) is 5.83. The van der Waals surface area contributed by atoms with Gasteiger partial charge in [-0.15, -0.1) is 10.2 Å². The standard InChI is InChI=1S/C28H22ClN3O4S/c1-15-11-16(2)24-19(12-15)20(25(30-24)17-7-5-4-6-8-17)14-23(27(33)34)37-28-32-31-26(36-28)21-13-18(29)9-10-22(21)35-3/h4-14,30H,1-3H3,(H,33,34)/b23-14-. The van der Waals surface area contributed by atoms with Crippen LogP contribution < -0.4 is 4.74 Å². The van der Waals surface area contributed by atoms with Crippen molar-refractivity contribution in [2.24, 2.45) is 0 Å². The number of nitrogens with zero attached hydrogens (tertiary/aromatic N) is 2. The van der Waals surface area contributed by atoms with Crippen molar-refractivity contribution in [3.05, 3.63) is 87.3 Å². The molecule has 0 radical (unpaired) electrons. The molecule has 7 nitrogen and oxygen atoms in total. The number of hydrogen-bond donors (Lipinski definition) is 2. The Labute approximate surface area is 222 Å². The zero-order chi connectivity index (χ0) is 26.1. The number of H-pyrrole nitrogens is 1. The van der Waals surface area contributed by atoms with Crippen LogP contribution in [0.1, 0.15) is 16.7 Å². The number of thioether (sulfide) groups is 1. The molecule has 0 bridgehead atoms. The number of aliphatic carboxylic acids is 1. The van der Waals surface area contributed by atoms with E-state index in [1.807, 2.05) is 44.2 Å². The Kier molecular flexibility index (Phi) is 6.78. The quantitative estimate of drug-likeness (QED) is 0.167. The Balaban J connectivity index is 1.60. The summed E-state index contributed by atoms with van der Waals surface area (Å²) in [6, 6.07) is 19.0. The smallest absolute Gasteiger partial charge is 0.342 e. The monoisotopic (exact) mass is 531 g/mol. The molecule has 0 unspecified atom stereocenters. The fraction of sp³-hybridized carbons (Fsp3) is 0.107. The molecule has 0 aliphatic carbocycles. The summed E-state index contributed by atoms with van der Waals surface area (Å²) in [5, 5.41) is 19.7. The van der Waals surface area contributed by atoms with Gasteiger partial charge in [0.25, 0.3) is 11.1 Å². The lowest BCUT2D eigenvalue weighted by Gasteiger charge is -2.05. The van der Waals surface area contributed by atoms with Gasteiger partial charge in [0.15, 0.2) is 0 Å². The summed E-state index contributed by atoms with van der Waals surface area (Å²) < 4.78 is 11.2. The second kappa shape index (κ2) is 10.2. The van der Waals surface area contributed by atoms with E-state index in [9.17, 15) is 9.90 Å². The summed E-state index contributed by atoms with van der Waals surface area (Å²) in [4.78, 5) is 15.9. The molecule has 9 heteroatoms. The van der Waals surface area contributed by atoms with Gasteiger partial charge < -0.3 is 19.2 Å². The Morgan fingerprint density at radius 2 is 1.89 bits per heavy atom. The maximum Gasteiger partial charge on any atom is 0.342 e. The number of halogens is 1. The average molecular weight is 532 g/mol. The van der Waals surface area contributed by atoms with Gasteiger partial charge in [0.05, 0.1) is 18.4 Å². The first-order valence-electron chi connectivity index (χ1n) is 11.3. The maximum atomic E-state index is 12.3. The van der Waals surface area contributed by atoms with Gasteiger partial charge in [-0.3, -0.25) is 0 Å². The lowest BCUT2D eigenvalue weighted by atomic mass is 10.0. The minimum Gasteiger partial charge on any atom is -0.496 e. The normalized spacial score (nSPS) is 11.7.